The Bertz CT molecular complexity index is 682. The molecule has 0 bridgehead atoms. The van der Waals surface area contributed by atoms with Gasteiger partial charge in [-0.2, -0.15) is 0 Å². The summed E-state index contributed by atoms with van der Waals surface area (Å²) in [6, 6.07) is 14.6. The normalized spacial score (nSPS) is 15.5. The molecule has 3 nitrogen and oxygen atoms in total. The molecule has 2 aromatic rings. The molecule has 0 atom stereocenters. The summed E-state index contributed by atoms with van der Waals surface area (Å²) in [6.45, 7) is 1.28. The zero-order chi connectivity index (χ0) is 16.2. The van der Waals surface area contributed by atoms with Crippen molar-refractivity contribution in [2.75, 3.05) is 18.4 Å². The number of rotatable bonds is 3. The van der Waals surface area contributed by atoms with Crippen molar-refractivity contribution >= 4 is 27.5 Å². The Morgan fingerprint density at radius 1 is 1.09 bits per heavy atom. The number of benzene rings is 2. The van der Waals surface area contributed by atoms with Crippen LogP contribution in [0, 0.1) is 5.82 Å². The van der Waals surface area contributed by atoms with Gasteiger partial charge in [0.25, 0.3) is 5.91 Å². The molecule has 0 spiro atoms. The third-order valence-corrected chi connectivity index (χ3v) is 4.63. The van der Waals surface area contributed by atoms with Gasteiger partial charge in [-0.1, -0.05) is 28.1 Å². The van der Waals surface area contributed by atoms with Gasteiger partial charge in [0.05, 0.1) is 5.56 Å². The maximum Gasteiger partial charge on any atom is 0.256 e. The molecule has 3 rings (SSSR count). The summed E-state index contributed by atoms with van der Waals surface area (Å²) in [5, 5.41) is 3.49. The third-order valence-electron chi connectivity index (χ3n) is 4.10. The van der Waals surface area contributed by atoms with Crippen molar-refractivity contribution in [1.82, 2.24) is 4.90 Å². The van der Waals surface area contributed by atoms with Gasteiger partial charge in [0.1, 0.15) is 5.82 Å². The van der Waals surface area contributed by atoms with E-state index in [0.717, 1.165) is 23.0 Å². The Labute approximate surface area is 143 Å². The quantitative estimate of drug-likeness (QED) is 0.865. The van der Waals surface area contributed by atoms with Crippen molar-refractivity contribution in [1.29, 1.82) is 0 Å². The molecule has 1 amide bonds. The molecule has 0 saturated carbocycles. The van der Waals surface area contributed by atoms with Crippen molar-refractivity contribution in [3.63, 3.8) is 0 Å². The zero-order valence-corrected chi connectivity index (χ0v) is 14.2. The van der Waals surface area contributed by atoms with Crippen LogP contribution in [-0.2, 0) is 0 Å². The molecule has 0 radical (unpaired) electrons. The van der Waals surface area contributed by atoms with Crippen LogP contribution in [-0.4, -0.2) is 29.9 Å². The number of anilines is 1. The van der Waals surface area contributed by atoms with Crippen molar-refractivity contribution in [3.8, 4) is 0 Å². The lowest BCUT2D eigenvalue weighted by atomic mass is 10.0. The van der Waals surface area contributed by atoms with Crippen molar-refractivity contribution in [2.24, 2.45) is 0 Å². The number of hydrogen-bond donors (Lipinski definition) is 1. The molecule has 2 aromatic carbocycles. The smallest absolute Gasteiger partial charge is 0.256 e. The van der Waals surface area contributed by atoms with Crippen LogP contribution < -0.4 is 5.32 Å². The Morgan fingerprint density at radius 2 is 1.74 bits per heavy atom. The van der Waals surface area contributed by atoms with E-state index in [2.05, 4.69) is 21.2 Å². The number of piperidine rings is 1. The topological polar surface area (TPSA) is 32.3 Å². The highest BCUT2D eigenvalue weighted by Gasteiger charge is 2.24. The minimum atomic E-state index is -0.451. The van der Waals surface area contributed by atoms with Gasteiger partial charge in [-0.15, -0.1) is 0 Å². The van der Waals surface area contributed by atoms with E-state index in [0.29, 0.717) is 19.1 Å². The molecule has 0 unspecified atom stereocenters. The molecular formula is C18H18BrFN2O. The van der Waals surface area contributed by atoms with E-state index < -0.39 is 5.82 Å². The largest absolute Gasteiger partial charge is 0.382 e. The van der Waals surface area contributed by atoms with Gasteiger partial charge >= 0.3 is 0 Å². The van der Waals surface area contributed by atoms with E-state index in [1.807, 2.05) is 24.3 Å². The first kappa shape index (κ1) is 16.0. The van der Waals surface area contributed by atoms with Crippen molar-refractivity contribution in [3.05, 3.63) is 64.4 Å². The summed E-state index contributed by atoms with van der Waals surface area (Å²) in [5.74, 6) is -0.669. The monoisotopic (exact) mass is 376 g/mol. The van der Waals surface area contributed by atoms with Gasteiger partial charge in [-0.05, 0) is 49.2 Å². The minimum Gasteiger partial charge on any atom is -0.382 e. The lowest BCUT2D eigenvalue weighted by molar-refractivity contribution is 0.0714. The number of halogens is 2. The fourth-order valence-corrected chi connectivity index (χ4v) is 3.08. The summed E-state index contributed by atoms with van der Waals surface area (Å²) in [6.07, 6.45) is 1.71. The highest BCUT2D eigenvalue weighted by Crippen LogP contribution is 2.20. The molecule has 1 aliphatic heterocycles. The van der Waals surface area contributed by atoms with Crippen LogP contribution in [0.25, 0.3) is 0 Å². The predicted octanol–water partition coefficient (Wildman–Crippen LogP) is 4.30. The molecule has 1 aliphatic rings. The fraction of sp³-hybridized carbons (Fsp3) is 0.278. The number of nitrogens with one attached hydrogen (secondary N) is 1. The average Bonchev–Trinajstić information content (AvgIpc) is 2.57. The molecular weight excluding hydrogens is 359 g/mol. The molecule has 1 N–H and O–H groups in total. The predicted molar refractivity (Wildman–Crippen MR) is 93.1 cm³/mol. The Hall–Kier alpha value is -1.88. The van der Waals surface area contributed by atoms with Crippen molar-refractivity contribution < 1.29 is 9.18 Å². The molecule has 1 saturated heterocycles. The second-order valence-electron chi connectivity index (χ2n) is 5.70. The summed E-state index contributed by atoms with van der Waals surface area (Å²) in [4.78, 5) is 14.1. The van der Waals surface area contributed by atoms with Crippen LogP contribution in [0.3, 0.4) is 0 Å². The standard InChI is InChI=1S/C18H18BrFN2O/c19-13-5-7-14(8-6-13)21-15-9-11-22(12-10-15)18(23)16-3-1-2-4-17(16)20/h1-8,15,21H,9-12H2. The molecule has 1 fully saturated rings. The highest BCUT2D eigenvalue weighted by atomic mass is 79.9. The summed E-state index contributed by atoms with van der Waals surface area (Å²) >= 11 is 3.42. The maximum absolute atomic E-state index is 13.7. The SMILES string of the molecule is O=C(c1ccccc1F)N1CCC(Nc2ccc(Br)cc2)CC1. The lowest BCUT2D eigenvalue weighted by Crippen LogP contribution is -2.42. The van der Waals surface area contributed by atoms with Gasteiger partial charge in [0.2, 0.25) is 0 Å². The molecule has 120 valence electrons. The average molecular weight is 377 g/mol. The number of likely N-dealkylation sites (tertiary alicyclic amines) is 1. The molecule has 0 aliphatic carbocycles. The fourth-order valence-electron chi connectivity index (χ4n) is 2.81. The first-order chi connectivity index (χ1) is 11.1. The van der Waals surface area contributed by atoms with E-state index in [1.165, 1.54) is 6.07 Å². The number of hydrogen-bond acceptors (Lipinski definition) is 2. The number of carbonyl (C=O) groups excluding carboxylic acids is 1. The van der Waals surface area contributed by atoms with Crippen LogP contribution in [0.15, 0.2) is 53.0 Å². The number of amides is 1. The van der Waals surface area contributed by atoms with Crippen LogP contribution >= 0.6 is 15.9 Å². The van der Waals surface area contributed by atoms with E-state index in [4.69, 9.17) is 0 Å². The molecule has 23 heavy (non-hydrogen) atoms. The van der Waals surface area contributed by atoms with E-state index in [9.17, 15) is 9.18 Å². The van der Waals surface area contributed by atoms with E-state index in [1.54, 1.807) is 23.1 Å². The van der Waals surface area contributed by atoms with Gasteiger partial charge < -0.3 is 10.2 Å². The zero-order valence-electron chi connectivity index (χ0n) is 12.6. The van der Waals surface area contributed by atoms with Crippen LogP contribution in [0.4, 0.5) is 10.1 Å². The van der Waals surface area contributed by atoms with Crippen LogP contribution in [0.1, 0.15) is 23.2 Å². The minimum absolute atomic E-state index is 0.159. The Kier molecular flexibility index (Phi) is 4.96. The summed E-state index contributed by atoms with van der Waals surface area (Å²) < 4.78 is 14.8. The van der Waals surface area contributed by atoms with Crippen LogP contribution in [0.5, 0.6) is 0 Å². The first-order valence-electron chi connectivity index (χ1n) is 7.69. The lowest BCUT2D eigenvalue weighted by Gasteiger charge is -2.33. The maximum atomic E-state index is 13.7. The third kappa shape index (κ3) is 3.91. The van der Waals surface area contributed by atoms with Gasteiger partial charge in [0, 0.05) is 29.3 Å². The number of nitrogens with zero attached hydrogens (tertiary/aromatic N) is 1. The Morgan fingerprint density at radius 3 is 2.39 bits per heavy atom. The van der Waals surface area contributed by atoms with Gasteiger partial charge in [0.15, 0.2) is 0 Å². The second-order valence-corrected chi connectivity index (χ2v) is 6.61. The van der Waals surface area contributed by atoms with Crippen LogP contribution in [0.2, 0.25) is 0 Å². The van der Waals surface area contributed by atoms with Crippen molar-refractivity contribution in [2.45, 2.75) is 18.9 Å². The van der Waals surface area contributed by atoms with E-state index in [-0.39, 0.29) is 11.5 Å². The van der Waals surface area contributed by atoms with Gasteiger partial charge in [-0.3, -0.25) is 4.79 Å². The number of carbonyl (C=O) groups is 1. The molecule has 1 heterocycles. The second kappa shape index (κ2) is 7.13. The summed E-state index contributed by atoms with van der Waals surface area (Å²) in [7, 11) is 0. The highest BCUT2D eigenvalue weighted by molar-refractivity contribution is 9.10. The molecule has 5 heteroatoms. The first-order valence-corrected chi connectivity index (χ1v) is 8.49. The summed E-state index contributed by atoms with van der Waals surface area (Å²) in [5.41, 5.74) is 1.24. The molecule has 0 aromatic heterocycles. The van der Waals surface area contributed by atoms with Gasteiger partial charge in [-0.25, -0.2) is 4.39 Å². The Balaban J connectivity index is 1.57. The van der Waals surface area contributed by atoms with E-state index >= 15 is 0 Å².